The number of carbonyl (C=O) groups excluding carboxylic acids is 1. The van der Waals surface area contributed by atoms with E-state index in [1.165, 1.54) is 12.8 Å². The molecule has 0 unspecified atom stereocenters. The maximum atomic E-state index is 12.4. The van der Waals surface area contributed by atoms with E-state index in [1.807, 2.05) is 30.1 Å². The summed E-state index contributed by atoms with van der Waals surface area (Å²) in [6, 6.07) is 5.99. The summed E-state index contributed by atoms with van der Waals surface area (Å²) in [5.41, 5.74) is 0.839. The van der Waals surface area contributed by atoms with Gasteiger partial charge < -0.3 is 14.4 Å². The van der Waals surface area contributed by atoms with Gasteiger partial charge >= 0.3 is 0 Å². The van der Waals surface area contributed by atoms with E-state index in [2.05, 4.69) is 6.92 Å². The minimum Gasteiger partial charge on any atom is -0.493 e. The number of hydrogen-bond donors (Lipinski definition) is 0. The van der Waals surface area contributed by atoms with E-state index in [9.17, 15) is 4.79 Å². The topological polar surface area (TPSA) is 38.8 Å². The molecule has 126 valence electrons. The molecule has 4 nitrogen and oxygen atoms in total. The molecular weight excluding hydrogens is 290 g/mol. The third kappa shape index (κ3) is 4.27. The van der Waals surface area contributed by atoms with Crippen molar-refractivity contribution in [3.63, 3.8) is 0 Å². The largest absolute Gasteiger partial charge is 0.493 e. The molecule has 0 N–H and O–H groups in total. The molecule has 0 aromatic heterocycles. The Labute approximate surface area is 139 Å². The Hall–Kier alpha value is -1.97. The maximum Gasteiger partial charge on any atom is 0.246 e. The van der Waals surface area contributed by atoms with Crippen molar-refractivity contribution < 1.29 is 14.3 Å². The predicted octanol–water partition coefficient (Wildman–Crippen LogP) is 3.75. The lowest BCUT2D eigenvalue weighted by atomic mass is 9.87. The van der Waals surface area contributed by atoms with Gasteiger partial charge in [0.25, 0.3) is 0 Å². The molecule has 1 amide bonds. The maximum absolute atomic E-state index is 12.4. The number of likely N-dealkylation sites (N-methyl/N-ethyl adjacent to an activating group) is 1. The normalized spacial score (nSPS) is 21.2. The second kappa shape index (κ2) is 8.04. The van der Waals surface area contributed by atoms with Gasteiger partial charge in [0.2, 0.25) is 5.91 Å². The zero-order valence-electron chi connectivity index (χ0n) is 14.5. The fraction of sp³-hybridized carbons (Fsp3) is 0.526. The van der Waals surface area contributed by atoms with Gasteiger partial charge in [-0.05, 0) is 43.7 Å². The Morgan fingerprint density at radius 1 is 1.17 bits per heavy atom. The van der Waals surface area contributed by atoms with Crippen LogP contribution in [-0.2, 0) is 4.79 Å². The molecule has 23 heavy (non-hydrogen) atoms. The van der Waals surface area contributed by atoms with Crippen molar-refractivity contribution in [2.75, 3.05) is 21.3 Å². The first-order valence-corrected chi connectivity index (χ1v) is 8.22. The van der Waals surface area contributed by atoms with Crippen LogP contribution in [0.15, 0.2) is 24.3 Å². The molecule has 4 heteroatoms. The van der Waals surface area contributed by atoms with E-state index in [0.717, 1.165) is 24.3 Å². The Balaban J connectivity index is 2.06. The molecule has 1 aliphatic carbocycles. The summed E-state index contributed by atoms with van der Waals surface area (Å²) in [6.45, 7) is 2.28. The van der Waals surface area contributed by atoms with Gasteiger partial charge in [0.1, 0.15) is 0 Å². The quantitative estimate of drug-likeness (QED) is 0.776. The molecule has 0 heterocycles. The first-order valence-electron chi connectivity index (χ1n) is 8.22. The minimum atomic E-state index is 0.0365. The van der Waals surface area contributed by atoms with E-state index in [-0.39, 0.29) is 5.91 Å². The highest BCUT2D eigenvalue weighted by atomic mass is 16.5. The summed E-state index contributed by atoms with van der Waals surface area (Å²) in [5.74, 6) is 2.13. The molecule has 1 fully saturated rings. The Kier molecular flexibility index (Phi) is 6.08. The van der Waals surface area contributed by atoms with Crippen molar-refractivity contribution in [1.29, 1.82) is 0 Å². The standard InChI is InChI=1S/C19H27NO3/c1-14-8-11-16(12-9-14)20(2)18(21)13-10-15-6-5-7-17(22-3)19(15)23-4/h5-7,10,13-14,16H,8-9,11-12H2,1-4H3. The van der Waals surface area contributed by atoms with E-state index in [0.29, 0.717) is 17.5 Å². The molecule has 1 aromatic carbocycles. The third-order valence-electron chi connectivity index (χ3n) is 4.72. The molecule has 1 aromatic rings. The lowest BCUT2D eigenvalue weighted by Crippen LogP contribution is -2.38. The summed E-state index contributed by atoms with van der Waals surface area (Å²) in [7, 11) is 5.11. The molecule has 0 radical (unpaired) electrons. The van der Waals surface area contributed by atoms with E-state index < -0.39 is 0 Å². The number of methoxy groups -OCH3 is 2. The molecular formula is C19H27NO3. The van der Waals surface area contributed by atoms with Crippen molar-refractivity contribution in [3.8, 4) is 11.5 Å². The zero-order chi connectivity index (χ0) is 16.8. The van der Waals surface area contributed by atoms with Crippen LogP contribution < -0.4 is 9.47 Å². The average molecular weight is 317 g/mol. The molecule has 0 aliphatic heterocycles. The zero-order valence-corrected chi connectivity index (χ0v) is 14.5. The monoisotopic (exact) mass is 317 g/mol. The van der Waals surface area contributed by atoms with Crippen LogP contribution in [0.1, 0.15) is 38.2 Å². The van der Waals surface area contributed by atoms with Crippen LogP contribution in [-0.4, -0.2) is 38.1 Å². The van der Waals surface area contributed by atoms with Crippen molar-refractivity contribution >= 4 is 12.0 Å². The van der Waals surface area contributed by atoms with Crippen molar-refractivity contribution in [2.45, 2.75) is 38.6 Å². The van der Waals surface area contributed by atoms with E-state index in [4.69, 9.17) is 9.47 Å². The number of para-hydroxylation sites is 1. The smallest absolute Gasteiger partial charge is 0.246 e. The summed E-state index contributed by atoms with van der Waals surface area (Å²) in [5, 5.41) is 0. The van der Waals surface area contributed by atoms with Gasteiger partial charge in [-0.25, -0.2) is 0 Å². The molecule has 1 saturated carbocycles. The first kappa shape index (κ1) is 17.4. The SMILES string of the molecule is COc1cccc(C=CC(=O)N(C)C2CCC(C)CC2)c1OC. The van der Waals surface area contributed by atoms with Gasteiger partial charge in [-0.3, -0.25) is 4.79 Å². The van der Waals surface area contributed by atoms with Crippen LogP contribution in [0, 0.1) is 5.92 Å². The lowest BCUT2D eigenvalue weighted by molar-refractivity contribution is -0.127. The van der Waals surface area contributed by atoms with Gasteiger partial charge in [0.15, 0.2) is 11.5 Å². The molecule has 2 rings (SSSR count). The second-order valence-electron chi connectivity index (χ2n) is 6.28. The van der Waals surface area contributed by atoms with Crippen LogP contribution in [0.4, 0.5) is 0 Å². The molecule has 0 saturated heterocycles. The summed E-state index contributed by atoms with van der Waals surface area (Å²) in [6.07, 6.45) is 8.02. The fourth-order valence-electron chi connectivity index (χ4n) is 3.13. The van der Waals surface area contributed by atoms with Gasteiger partial charge in [-0.2, -0.15) is 0 Å². The fourth-order valence-corrected chi connectivity index (χ4v) is 3.13. The predicted molar refractivity (Wildman–Crippen MR) is 92.8 cm³/mol. The number of benzene rings is 1. The number of carbonyl (C=O) groups is 1. The summed E-state index contributed by atoms with van der Waals surface area (Å²) >= 11 is 0. The Bertz CT molecular complexity index is 560. The first-order chi connectivity index (χ1) is 11.1. The number of ether oxygens (including phenoxy) is 2. The van der Waals surface area contributed by atoms with Crippen LogP contribution in [0.25, 0.3) is 6.08 Å². The van der Waals surface area contributed by atoms with Crippen molar-refractivity contribution in [1.82, 2.24) is 4.90 Å². The van der Waals surface area contributed by atoms with Crippen LogP contribution >= 0.6 is 0 Å². The molecule has 0 atom stereocenters. The number of rotatable bonds is 5. The van der Waals surface area contributed by atoms with Crippen LogP contribution in [0.5, 0.6) is 11.5 Å². The van der Waals surface area contributed by atoms with Gasteiger partial charge in [0.05, 0.1) is 14.2 Å². The minimum absolute atomic E-state index is 0.0365. The molecule has 1 aliphatic rings. The number of hydrogen-bond acceptors (Lipinski definition) is 3. The Morgan fingerprint density at radius 2 is 1.87 bits per heavy atom. The number of amides is 1. The van der Waals surface area contributed by atoms with Crippen LogP contribution in [0.3, 0.4) is 0 Å². The van der Waals surface area contributed by atoms with E-state index in [1.54, 1.807) is 26.4 Å². The highest BCUT2D eigenvalue weighted by molar-refractivity contribution is 5.92. The van der Waals surface area contributed by atoms with Gasteiger partial charge in [-0.15, -0.1) is 0 Å². The highest BCUT2D eigenvalue weighted by Gasteiger charge is 2.23. The third-order valence-corrected chi connectivity index (χ3v) is 4.72. The Morgan fingerprint density at radius 3 is 2.48 bits per heavy atom. The average Bonchev–Trinajstić information content (AvgIpc) is 2.59. The number of nitrogens with zero attached hydrogens (tertiary/aromatic N) is 1. The van der Waals surface area contributed by atoms with Crippen LogP contribution in [0.2, 0.25) is 0 Å². The van der Waals surface area contributed by atoms with Gasteiger partial charge in [-0.1, -0.05) is 19.1 Å². The molecule has 0 spiro atoms. The van der Waals surface area contributed by atoms with Crippen molar-refractivity contribution in [3.05, 3.63) is 29.8 Å². The van der Waals surface area contributed by atoms with Crippen molar-refractivity contribution in [2.24, 2.45) is 5.92 Å². The molecule has 0 bridgehead atoms. The summed E-state index contributed by atoms with van der Waals surface area (Å²) in [4.78, 5) is 14.3. The summed E-state index contributed by atoms with van der Waals surface area (Å²) < 4.78 is 10.7. The van der Waals surface area contributed by atoms with Gasteiger partial charge in [0, 0.05) is 24.7 Å². The lowest BCUT2D eigenvalue weighted by Gasteiger charge is -2.33. The highest BCUT2D eigenvalue weighted by Crippen LogP contribution is 2.31. The second-order valence-corrected chi connectivity index (χ2v) is 6.28. The van der Waals surface area contributed by atoms with E-state index >= 15 is 0 Å².